The summed E-state index contributed by atoms with van der Waals surface area (Å²) < 4.78 is 20.7. The molecule has 2 aromatic rings. The van der Waals surface area contributed by atoms with E-state index in [4.69, 9.17) is 18.9 Å². The van der Waals surface area contributed by atoms with Crippen LogP contribution in [0.25, 0.3) is 10.8 Å². The van der Waals surface area contributed by atoms with Gasteiger partial charge in [-0.3, -0.25) is 0 Å². The van der Waals surface area contributed by atoms with Crippen LogP contribution in [-0.4, -0.2) is 45.5 Å². The molecule has 0 saturated carbocycles. The lowest BCUT2D eigenvalue weighted by Crippen LogP contribution is -2.30. The fourth-order valence-electron chi connectivity index (χ4n) is 2.24. The van der Waals surface area contributed by atoms with Gasteiger partial charge < -0.3 is 24.3 Å². The van der Waals surface area contributed by atoms with Gasteiger partial charge in [0.2, 0.25) is 0 Å². The molecule has 1 amide bonds. The molecule has 0 unspecified atom stereocenters. The normalized spacial score (nSPS) is 10.2. The lowest BCUT2D eigenvalue weighted by atomic mass is 10.1. The SMILES string of the molecule is C=CC(=O)OCCOCCNC(=O)Oc1cccc2c(OC)cccc12. The largest absolute Gasteiger partial charge is 0.496 e. The van der Waals surface area contributed by atoms with Crippen LogP contribution in [0.4, 0.5) is 4.79 Å². The van der Waals surface area contributed by atoms with E-state index in [0.29, 0.717) is 11.5 Å². The van der Waals surface area contributed by atoms with Gasteiger partial charge in [-0.15, -0.1) is 0 Å². The molecule has 0 spiro atoms. The van der Waals surface area contributed by atoms with E-state index < -0.39 is 12.1 Å². The highest BCUT2D eigenvalue weighted by molar-refractivity contribution is 5.94. The molecule has 0 heterocycles. The van der Waals surface area contributed by atoms with Crippen LogP contribution in [-0.2, 0) is 14.3 Å². The Kier molecular flexibility index (Phi) is 7.45. The summed E-state index contributed by atoms with van der Waals surface area (Å²) in [6.45, 7) is 4.19. The number of methoxy groups -OCH3 is 1. The maximum atomic E-state index is 11.9. The van der Waals surface area contributed by atoms with Crippen LogP contribution in [0, 0.1) is 0 Å². The highest BCUT2D eigenvalue weighted by Gasteiger charge is 2.09. The van der Waals surface area contributed by atoms with Crippen molar-refractivity contribution in [2.45, 2.75) is 0 Å². The Morgan fingerprint density at radius 3 is 2.42 bits per heavy atom. The first-order valence-electron chi connectivity index (χ1n) is 8.04. The number of hydrogen-bond acceptors (Lipinski definition) is 6. The summed E-state index contributed by atoms with van der Waals surface area (Å²) in [5.74, 6) is 0.650. The molecule has 138 valence electrons. The highest BCUT2D eigenvalue weighted by Crippen LogP contribution is 2.31. The average molecular weight is 359 g/mol. The number of carbonyl (C=O) groups excluding carboxylic acids is 2. The van der Waals surface area contributed by atoms with E-state index in [1.54, 1.807) is 19.2 Å². The number of nitrogens with one attached hydrogen (secondary N) is 1. The number of fused-ring (bicyclic) bond motifs is 1. The molecular weight excluding hydrogens is 338 g/mol. The Hall–Kier alpha value is -3.06. The number of amides is 1. The fraction of sp³-hybridized carbons (Fsp3) is 0.263. The standard InChI is InChI=1S/C19H21NO6/c1-3-18(21)25-13-12-24-11-10-20-19(22)26-17-9-5-6-14-15(17)7-4-8-16(14)23-2/h3-9H,1,10-13H2,2H3,(H,20,22). The lowest BCUT2D eigenvalue weighted by Gasteiger charge is -2.11. The summed E-state index contributed by atoms with van der Waals surface area (Å²) in [4.78, 5) is 22.7. The van der Waals surface area contributed by atoms with Crippen molar-refractivity contribution in [3.8, 4) is 11.5 Å². The average Bonchev–Trinajstić information content (AvgIpc) is 2.66. The number of esters is 1. The molecule has 2 rings (SSSR count). The van der Waals surface area contributed by atoms with E-state index in [1.165, 1.54) is 0 Å². The molecule has 0 atom stereocenters. The van der Waals surface area contributed by atoms with Gasteiger partial charge in [-0.1, -0.05) is 30.8 Å². The van der Waals surface area contributed by atoms with E-state index in [2.05, 4.69) is 11.9 Å². The van der Waals surface area contributed by atoms with Crippen molar-refractivity contribution in [3.63, 3.8) is 0 Å². The number of hydrogen-bond donors (Lipinski definition) is 1. The van der Waals surface area contributed by atoms with Crippen LogP contribution < -0.4 is 14.8 Å². The highest BCUT2D eigenvalue weighted by atomic mass is 16.6. The van der Waals surface area contributed by atoms with Crippen LogP contribution in [0.3, 0.4) is 0 Å². The van der Waals surface area contributed by atoms with Gasteiger partial charge in [0.25, 0.3) is 0 Å². The molecule has 1 N–H and O–H groups in total. The minimum absolute atomic E-state index is 0.132. The van der Waals surface area contributed by atoms with Crippen LogP contribution in [0.5, 0.6) is 11.5 Å². The topological polar surface area (TPSA) is 83.1 Å². The summed E-state index contributed by atoms with van der Waals surface area (Å²) >= 11 is 0. The molecule has 0 aliphatic carbocycles. The van der Waals surface area contributed by atoms with Gasteiger partial charge in [0.1, 0.15) is 18.1 Å². The first-order valence-corrected chi connectivity index (χ1v) is 8.04. The van der Waals surface area contributed by atoms with Crippen molar-refractivity contribution in [3.05, 3.63) is 49.1 Å². The molecule has 0 radical (unpaired) electrons. The fourth-order valence-corrected chi connectivity index (χ4v) is 2.24. The second-order valence-corrected chi connectivity index (χ2v) is 5.11. The van der Waals surface area contributed by atoms with Crippen molar-refractivity contribution in [2.24, 2.45) is 0 Å². The lowest BCUT2D eigenvalue weighted by molar-refractivity contribution is -0.139. The van der Waals surface area contributed by atoms with Gasteiger partial charge in [0.15, 0.2) is 0 Å². The van der Waals surface area contributed by atoms with Crippen LogP contribution in [0.15, 0.2) is 49.1 Å². The minimum Gasteiger partial charge on any atom is -0.496 e. The molecule has 0 saturated heterocycles. The predicted octanol–water partition coefficient (Wildman–Crippen LogP) is 2.68. The van der Waals surface area contributed by atoms with Gasteiger partial charge in [-0.2, -0.15) is 0 Å². The molecule has 26 heavy (non-hydrogen) atoms. The molecule has 0 aliphatic heterocycles. The third-order valence-corrected chi connectivity index (χ3v) is 3.42. The molecule has 0 fully saturated rings. The third kappa shape index (κ3) is 5.49. The first kappa shape index (κ1) is 19.3. The van der Waals surface area contributed by atoms with E-state index in [1.807, 2.05) is 24.3 Å². The number of benzene rings is 2. The Labute approximate surface area is 151 Å². The Morgan fingerprint density at radius 2 is 1.73 bits per heavy atom. The second kappa shape index (κ2) is 10.0. The van der Waals surface area contributed by atoms with Gasteiger partial charge in [0.05, 0.1) is 20.3 Å². The van der Waals surface area contributed by atoms with Crippen molar-refractivity contribution in [1.29, 1.82) is 0 Å². The zero-order valence-electron chi connectivity index (χ0n) is 14.5. The minimum atomic E-state index is -0.581. The number of carbonyl (C=O) groups is 2. The number of rotatable bonds is 9. The van der Waals surface area contributed by atoms with Crippen molar-refractivity contribution in [1.82, 2.24) is 5.32 Å². The van der Waals surface area contributed by atoms with Gasteiger partial charge >= 0.3 is 12.1 Å². The first-order chi connectivity index (χ1) is 12.7. The summed E-state index contributed by atoms with van der Waals surface area (Å²) in [7, 11) is 1.59. The second-order valence-electron chi connectivity index (χ2n) is 5.11. The Morgan fingerprint density at radius 1 is 1.04 bits per heavy atom. The quantitative estimate of drug-likeness (QED) is 0.421. The van der Waals surface area contributed by atoms with Gasteiger partial charge in [-0.25, -0.2) is 9.59 Å². The summed E-state index contributed by atoms with van der Waals surface area (Å²) in [5.41, 5.74) is 0. The van der Waals surface area contributed by atoms with E-state index in [0.717, 1.165) is 16.8 Å². The maximum Gasteiger partial charge on any atom is 0.412 e. The molecule has 0 bridgehead atoms. The van der Waals surface area contributed by atoms with Crippen molar-refractivity contribution < 1.29 is 28.5 Å². The zero-order valence-corrected chi connectivity index (χ0v) is 14.5. The van der Waals surface area contributed by atoms with Crippen molar-refractivity contribution in [2.75, 3.05) is 33.5 Å². The molecular formula is C19H21NO6. The molecule has 7 heteroatoms. The molecule has 0 aromatic heterocycles. The van der Waals surface area contributed by atoms with Gasteiger partial charge in [0, 0.05) is 23.4 Å². The van der Waals surface area contributed by atoms with Crippen LogP contribution in [0.2, 0.25) is 0 Å². The van der Waals surface area contributed by atoms with Gasteiger partial charge in [-0.05, 0) is 12.1 Å². The number of ether oxygens (including phenoxy) is 4. The summed E-state index contributed by atoms with van der Waals surface area (Å²) in [5, 5.41) is 4.23. The zero-order chi connectivity index (χ0) is 18.8. The predicted molar refractivity (Wildman–Crippen MR) is 96.5 cm³/mol. The Bertz CT molecular complexity index is 774. The summed E-state index contributed by atoms with van der Waals surface area (Å²) in [6, 6.07) is 10.9. The Balaban J connectivity index is 1.77. The molecule has 2 aromatic carbocycles. The maximum absolute atomic E-state index is 11.9. The smallest absolute Gasteiger partial charge is 0.412 e. The molecule has 0 aliphatic rings. The van der Waals surface area contributed by atoms with Crippen molar-refractivity contribution >= 4 is 22.8 Å². The van der Waals surface area contributed by atoms with Crippen LogP contribution >= 0.6 is 0 Å². The monoisotopic (exact) mass is 359 g/mol. The van der Waals surface area contributed by atoms with Crippen LogP contribution in [0.1, 0.15) is 0 Å². The van der Waals surface area contributed by atoms with E-state index in [9.17, 15) is 9.59 Å². The van der Waals surface area contributed by atoms with E-state index >= 15 is 0 Å². The molecule has 7 nitrogen and oxygen atoms in total. The van der Waals surface area contributed by atoms with E-state index in [-0.39, 0.29) is 26.4 Å². The third-order valence-electron chi connectivity index (χ3n) is 3.42. The summed E-state index contributed by atoms with van der Waals surface area (Å²) in [6.07, 6.45) is 0.502.